The molecule has 1 aromatic carbocycles. The summed E-state index contributed by atoms with van der Waals surface area (Å²) in [7, 11) is 0. The molecule has 0 saturated carbocycles. The Morgan fingerprint density at radius 1 is 1.26 bits per heavy atom. The molecule has 0 saturated heterocycles. The number of rotatable bonds is 2. The first-order chi connectivity index (χ1) is 16.1. The number of ether oxygens (including phenoxy) is 1. The van der Waals surface area contributed by atoms with E-state index < -0.39 is 11.7 Å². The third-order valence-corrected chi connectivity index (χ3v) is 5.96. The minimum Gasteiger partial charge on any atom is -0.444 e. The van der Waals surface area contributed by atoms with Crippen LogP contribution in [0, 0.1) is 25.2 Å². The third-order valence-electron chi connectivity index (χ3n) is 5.96. The van der Waals surface area contributed by atoms with E-state index in [0.717, 1.165) is 28.1 Å². The zero-order valence-corrected chi connectivity index (χ0v) is 20.3. The van der Waals surface area contributed by atoms with E-state index in [9.17, 15) is 14.9 Å². The van der Waals surface area contributed by atoms with Crippen LogP contribution in [0.25, 0.3) is 5.69 Å². The molecule has 1 atom stereocenters. The lowest BCUT2D eigenvalue weighted by Gasteiger charge is -2.35. The Morgan fingerprint density at radius 2 is 1.94 bits per heavy atom. The topological polar surface area (TPSA) is 103 Å². The van der Waals surface area contributed by atoms with Gasteiger partial charge >= 0.3 is 6.09 Å². The number of benzene rings is 1. The second kappa shape index (κ2) is 8.40. The number of fused-ring (bicyclic) bond motifs is 1. The third kappa shape index (κ3) is 3.93. The number of aryl methyl sites for hydroxylation is 2. The fourth-order valence-corrected chi connectivity index (χ4v) is 4.46. The molecule has 2 aromatic rings. The monoisotopic (exact) mass is 460 g/mol. The molecular weight excluding hydrogens is 432 g/mol. The van der Waals surface area contributed by atoms with Gasteiger partial charge in [0.15, 0.2) is 5.94 Å². The van der Waals surface area contributed by atoms with Crippen LogP contribution in [0.3, 0.4) is 0 Å². The zero-order valence-electron chi connectivity index (χ0n) is 20.3. The van der Waals surface area contributed by atoms with Gasteiger partial charge in [0.25, 0.3) is 0 Å². The van der Waals surface area contributed by atoms with Crippen molar-refractivity contribution in [2.75, 3.05) is 11.4 Å². The van der Waals surface area contributed by atoms with Gasteiger partial charge in [-0.1, -0.05) is 0 Å². The molecule has 9 heteroatoms. The Morgan fingerprint density at radius 3 is 2.53 bits per heavy atom. The Balaban J connectivity index is 1.89. The fourth-order valence-electron chi connectivity index (χ4n) is 4.46. The van der Waals surface area contributed by atoms with Crippen LogP contribution < -0.4 is 10.2 Å². The van der Waals surface area contributed by atoms with Crippen LogP contribution in [-0.4, -0.2) is 38.9 Å². The van der Waals surface area contributed by atoms with E-state index in [0.29, 0.717) is 24.3 Å². The molecule has 176 valence electrons. The molecule has 4 rings (SSSR count). The van der Waals surface area contributed by atoms with Crippen LogP contribution in [0.5, 0.6) is 0 Å². The lowest BCUT2D eigenvalue weighted by Crippen LogP contribution is -2.42. The lowest BCUT2D eigenvalue weighted by atomic mass is 9.99. The molecule has 9 nitrogen and oxygen atoms in total. The van der Waals surface area contributed by atoms with Crippen LogP contribution in [0.4, 0.5) is 10.6 Å². The summed E-state index contributed by atoms with van der Waals surface area (Å²) in [4.78, 5) is 28.0. The SMILES string of the molecule is Cc1cc(-n2nc3c(c2N2C=CNC2=C=O)[C@H](C)N(C(=O)OC(C)(C)C)CC3)cc(C)c1C#N. The fraction of sp³-hybridized carbons (Fsp3) is 0.400. The number of carbonyl (C=O) groups is 1. The summed E-state index contributed by atoms with van der Waals surface area (Å²) in [6.07, 6.45) is 3.53. The summed E-state index contributed by atoms with van der Waals surface area (Å²) in [6, 6.07) is 5.71. The largest absolute Gasteiger partial charge is 0.444 e. The van der Waals surface area contributed by atoms with Crippen molar-refractivity contribution in [2.24, 2.45) is 0 Å². The van der Waals surface area contributed by atoms with Crippen molar-refractivity contribution in [2.45, 2.75) is 59.6 Å². The summed E-state index contributed by atoms with van der Waals surface area (Å²) >= 11 is 0. The first-order valence-corrected chi connectivity index (χ1v) is 11.2. The molecule has 2 aliphatic rings. The van der Waals surface area contributed by atoms with Gasteiger partial charge in [-0.3, -0.25) is 4.90 Å². The highest BCUT2D eigenvalue weighted by Gasteiger charge is 2.38. The van der Waals surface area contributed by atoms with E-state index in [1.165, 1.54) is 0 Å². The molecule has 0 fully saturated rings. The maximum Gasteiger partial charge on any atom is 0.410 e. The standard InChI is InChI=1S/C25H28N6O3/c1-15-11-18(12-16(2)19(15)13-26)31-23(30-10-8-27-21(30)14-32)22-17(3)29(9-7-20(22)28-31)24(33)34-25(4,5)6/h8,10-12,17,27H,7,9H2,1-6H3/t17-/m0/s1. The Labute approximate surface area is 198 Å². The highest BCUT2D eigenvalue weighted by molar-refractivity contribution is 5.74. The normalized spacial score (nSPS) is 17.2. The van der Waals surface area contributed by atoms with E-state index in [1.807, 2.05) is 59.6 Å². The van der Waals surface area contributed by atoms with Crippen molar-refractivity contribution < 1.29 is 14.3 Å². The summed E-state index contributed by atoms with van der Waals surface area (Å²) in [5.41, 5.74) is 4.12. The molecule has 0 unspecified atom stereocenters. The molecule has 1 aromatic heterocycles. The van der Waals surface area contributed by atoms with Gasteiger partial charge in [0.05, 0.1) is 29.1 Å². The van der Waals surface area contributed by atoms with Crippen molar-refractivity contribution in [3.05, 3.63) is 58.3 Å². The quantitative estimate of drug-likeness (QED) is 0.681. The number of hydrogen-bond acceptors (Lipinski definition) is 7. The highest BCUT2D eigenvalue weighted by atomic mass is 16.6. The summed E-state index contributed by atoms with van der Waals surface area (Å²) in [5, 5.41) is 17.3. The average Bonchev–Trinajstić information content (AvgIpc) is 3.36. The smallest absolute Gasteiger partial charge is 0.410 e. The molecule has 3 heterocycles. The highest BCUT2D eigenvalue weighted by Crippen LogP contribution is 2.40. The molecule has 0 spiro atoms. The Hall–Kier alpha value is -4.02. The van der Waals surface area contributed by atoms with E-state index in [-0.39, 0.29) is 11.9 Å². The number of nitrogens with zero attached hydrogens (tertiary/aromatic N) is 5. The van der Waals surface area contributed by atoms with Crippen molar-refractivity contribution >= 4 is 17.9 Å². The molecule has 0 radical (unpaired) electrons. The van der Waals surface area contributed by atoms with Crippen molar-refractivity contribution in [1.82, 2.24) is 20.0 Å². The van der Waals surface area contributed by atoms with Gasteiger partial charge in [-0.15, -0.1) is 0 Å². The second-order valence-corrected chi connectivity index (χ2v) is 9.54. The Bertz CT molecular complexity index is 1260. The van der Waals surface area contributed by atoms with E-state index in [4.69, 9.17) is 9.84 Å². The summed E-state index contributed by atoms with van der Waals surface area (Å²) in [5.74, 6) is 2.81. The maximum absolute atomic E-state index is 13.0. The molecule has 0 bridgehead atoms. The molecule has 2 aliphatic heterocycles. The lowest BCUT2D eigenvalue weighted by molar-refractivity contribution is 0.0160. The van der Waals surface area contributed by atoms with Crippen LogP contribution in [0.1, 0.15) is 61.7 Å². The minimum atomic E-state index is -0.614. The maximum atomic E-state index is 13.0. The van der Waals surface area contributed by atoms with Gasteiger partial charge in [0.1, 0.15) is 11.4 Å². The van der Waals surface area contributed by atoms with Crippen LogP contribution in [0.15, 0.2) is 30.4 Å². The van der Waals surface area contributed by atoms with Gasteiger partial charge in [0.2, 0.25) is 5.82 Å². The molecule has 1 N–H and O–H groups in total. The number of nitrogens with one attached hydrogen (secondary N) is 1. The van der Waals surface area contributed by atoms with Gasteiger partial charge in [-0.05, 0) is 64.8 Å². The van der Waals surface area contributed by atoms with E-state index in [1.54, 1.807) is 26.9 Å². The predicted octanol–water partition coefficient (Wildman–Crippen LogP) is 3.77. The number of carbonyl (C=O) groups excluding carboxylic acids is 2. The predicted molar refractivity (Wildman–Crippen MR) is 127 cm³/mol. The first kappa shape index (κ1) is 23.1. The van der Waals surface area contributed by atoms with Crippen molar-refractivity contribution in [3.8, 4) is 11.8 Å². The number of amides is 1. The van der Waals surface area contributed by atoms with Gasteiger partial charge < -0.3 is 15.0 Å². The van der Waals surface area contributed by atoms with Gasteiger partial charge in [0, 0.05) is 30.9 Å². The Kier molecular flexibility index (Phi) is 5.72. The van der Waals surface area contributed by atoms with Crippen LogP contribution in [0.2, 0.25) is 0 Å². The molecule has 34 heavy (non-hydrogen) atoms. The second-order valence-electron chi connectivity index (χ2n) is 9.54. The number of aromatic nitrogens is 2. The number of hydrogen-bond donors (Lipinski definition) is 1. The zero-order chi connectivity index (χ0) is 24.8. The van der Waals surface area contributed by atoms with Gasteiger partial charge in [-0.25, -0.2) is 14.3 Å². The molecule has 1 amide bonds. The van der Waals surface area contributed by atoms with Crippen molar-refractivity contribution in [1.29, 1.82) is 5.26 Å². The van der Waals surface area contributed by atoms with E-state index in [2.05, 4.69) is 11.4 Å². The van der Waals surface area contributed by atoms with Crippen LogP contribution >= 0.6 is 0 Å². The number of anilines is 1. The first-order valence-electron chi connectivity index (χ1n) is 11.2. The summed E-state index contributed by atoms with van der Waals surface area (Å²) in [6.45, 7) is 11.7. The van der Waals surface area contributed by atoms with Crippen LogP contribution in [-0.2, 0) is 16.0 Å². The molecular formula is C25H28N6O3. The minimum absolute atomic E-state index is 0.229. The van der Waals surface area contributed by atoms with E-state index >= 15 is 0 Å². The number of nitriles is 1. The summed E-state index contributed by atoms with van der Waals surface area (Å²) < 4.78 is 7.41. The van der Waals surface area contributed by atoms with Gasteiger partial charge in [-0.2, -0.15) is 10.4 Å². The average molecular weight is 461 g/mol. The van der Waals surface area contributed by atoms with Crippen molar-refractivity contribution in [3.63, 3.8) is 0 Å². The molecule has 0 aliphatic carbocycles.